The molecule has 0 bridgehead atoms. The lowest BCUT2D eigenvalue weighted by atomic mass is 10.0. The highest BCUT2D eigenvalue weighted by Gasteiger charge is 2.28. The number of rotatable bonds is 11. The maximum Gasteiger partial charge on any atom is 0.272 e. The van der Waals surface area contributed by atoms with Crippen LogP contribution in [0.4, 0.5) is 18.9 Å². The van der Waals surface area contributed by atoms with Gasteiger partial charge in [-0.2, -0.15) is 0 Å². The summed E-state index contributed by atoms with van der Waals surface area (Å²) in [6.45, 7) is 2.95. The zero-order valence-corrected chi connectivity index (χ0v) is 24.2. The number of alkyl halides is 2. The van der Waals surface area contributed by atoms with E-state index in [-0.39, 0.29) is 35.3 Å². The Kier molecular flexibility index (Phi) is 8.63. The Hall–Kier alpha value is -5.23. The van der Waals surface area contributed by atoms with Crippen LogP contribution in [0.15, 0.2) is 72.2 Å². The number of aromatic nitrogens is 1. The van der Waals surface area contributed by atoms with Crippen molar-refractivity contribution in [1.82, 2.24) is 15.7 Å². The number of hydrogen-bond acceptors (Lipinski definition) is 8. The Labute approximate surface area is 251 Å². The fourth-order valence-corrected chi connectivity index (χ4v) is 4.89. The van der Waals surface area contributed by atoms with Gasteiger partial charge in [0, 0.05) is 48.0 Å². The Morgan fingerprint density at radius 2 is 1.89 bits per heavy atom. The molecule has 1 aliphatic rings. The number of hydrogen-bond donors (Lipinski definition) is 5. The summed E-state index contributed by atoms with van der Waals surface area (Å²) in [4.78, 5) is 16.7. The van der Waals surface area contributed by atoms with Crippen molar-refractivity contribution in [2.45, 2.75) is 20.3 Å². The molecule has 0 radical (unpaired) electrons. The second kappa shape index (κ2) is 12.6. The van der Waals surface area contributed by atoms with Crippen LogP contribution < -0.4 is 31.0 Å². The average molecular weight is 605 g/mol. The minimum absolute atomic E-state index is 0.114. The second-order valence-corrected chi connectivity index (χ2v) is 10.2. The molecule has 6 N–H and O–H groups in total. The first kappa shape index (κ1) is 30.2. The van der Waals surface area contributed by atoms with Crippen molar-refractivity contribution in [2.24, 2.45) is 5.73 Å². The number of ether oxygens (including phenoxy) is 2. The number of allylic oxidation sites excluding steroid dienone is 1. The summed E-state index contributed by atoms with van der Waals surface area (Å²) in [6.07, 6.45) is -0.0629. The Balaban J connectivity index is 1.41. The Bertz CT molecular complexity index is 1810. The van der Waals surface area contributed by atoms with Crippen LogP contribution in [0.3, 0.4) is 0 Å². The maximum atomic E-state index is 14.3. The van der Waals surface area contributed by atoms with Crippen LogP contribution in [-0.4, -0.2) is 43.6 Å². The van der Waals surface area contributed by atoms with Gasteiger partial charge in [0.25, 0.3) is 6.43 Å². The lowest BCUT2D eigenvalue weighted by Crippen LogP contribution is -2.34. The molecule has 12 heteroatoms. The second-order valence-electron chi connectivity index (χ2n) is 10.2. The number of carbonyl (C=O) groups is 1. The number of H-pyrrole nitrogens is 1. The fourth-order valence-electron chi connectivity index (χ4n) is 4.89. The molecule has 0 fully saturated rings. The van der Waals surface area contributed by atoms with Gasteiger partial charge in [-0.3, -0.25) is 9.80 Å². The molecule has 3 aromatic carbocycles. The Morgan fingerprint density at radius 3 is 2.57 bits per heavy atom. The number of nitrogens with two attached hydrogens (primary N) is 1. The monoisotopic (exact) mass is 604 g/mol. The van der Waals surface area contributed by atoms with Crippen LogP contribution in [0.2, 0.25) is 0 Å². The highest BCUT2D eigenvalue weighted by atomic mass is 19.3. The molecule has 0 unspecified atom stereocenters. The summed E-state index contributed by atoms with van der Waals surface area (Å²) in [6, 6.07) is 14.8. The lowest BCUT2D eigenvalue weighted by Gasteiger charge is -2.21. The van der Waals surface area contributed by atoms with E-state index in [4.69, 9.17) is 20.6 Å². The van der Waals surface area contributed by atoms with E-state index in [1.807, 2.05) is 6.92 Å². The number of hydrazine groups is 1. The molecule has 4 aromatic rings. The van der Waals surface area contributed by atoms with Crippen LogP contribution in [0.25, 0.3) is 16.5 Å². The van der Waals surface area contributed by atoms with Gasteiger partial charge in [-0.1, -0.05) is 6.07 Å². The molecule has 0 atom stereocenters. The number of nitrogens with zero attached hydrogens (tertiary/aromatic N) is 1. The molecular formula is C32H31F3N6O3. The van der Waals surface area contributed by atoms with Crippen molar-refractivity contribution >= 4 is 34.2 Å². The van der Waals surface area contributed by atoms with E-state index in [0.29, 0.717) is 39.0 Å². The number of halogens is 3. The summed E-state index contributed by atoms with van der Waals surface area (Å²) in [7, 11) is 1.65. The Morgan fingerprint density at radius 1 is 1.11 bits per heavy atom. The first-order valence-electron chi connectivity index (χ1n) is 13.7. The lowest BCUT2D eigenvalue weighted by molar-refractivity contribution is 0.0818. The van der Waals surface area contributed by atoms with Crippen molar-refractivity contribution in [3.8, 4) is 17.2 Å². The number of Topliss-reactive ketones (excluding diaryl/α,β-unsaturated/α-hetero) is 1. The quantitative estimate of drug-likeness (QED) is 0.106. The largest absolute Gasteiger partial charge is 0.487 e. The van der Waals surface area contributed by atoms with Crippen LogP contribution in [0.5, 0.6) is 17.2 Å². The number of carbonyl (C=O) groups excluding carboxylic acids is 1. The van der Waals surface area contributed by atoms with Crippen LogP contribution >= 0.6 is 0 Å². The van der Waals surface area contributed by atoms with Gasteiger partial charge in [-0.05, 0) is 73.5 Å². The number of aryl methyl sites for hydroxylation is 2. The van der Waals surface area contributed by atoms with Gasteiger partial charge in [0.05, 0.1) is 17.0 Å². The predicted octanol–water partition coefficient (Wildman–Crippen LogP) is 5.95. The van der Waals surface area contributed by atoms with E-state index in [9.17, 15) is 18.0 Å². The predicted molar refractivity (Wildman–Crippen MR) is 164 cm³/mol. The van der Waals surface area contributed by atoms with Gasteiger partial charge >= 0.3 is 0 Å². The van der Waals surface area contributed by atoms with E-state index in [0.717, 1.165) is 17.3 Å². The van der Waals surface area contributed by atoms with Gasteiger partial charge in [0.15, 0.2) is 11.6 Å². The summed E-state index contributed by atoms with van der Waals surface area (Å²) < 4.78 is 51.3. The van der Waals surface area contributed by atoms with E-state index >= 15 is 0 Å². The normalized spacial score (nSPS) is 13.6. The summed E-state index contributed by atoms with van der Waals surface area (Å²) >= 11 is 0. The minimum Gasteiger partial charge on any atom is -0.487 e. The molecule has 0 saturated heterocycles. The van der Waals surface area contributed by atoms with Gasteiger partial charge in [0.1, 0.15) is 23.9 Å². The van der Waals surface area contributed by atoms with Gasteiger partial charge in [-0.25, -0.2) is 18.6 Å². The number of aromatic amines is 1. The average Bonchev–Trinajstić information content (AvgIpc) is 3.59. The zero-order chi connectivity index (χ0) is 31.5. The third-order valence-corrected chi connectivity index (χ3v) is 7.06. The standard InChI is InChI=1S/C32H31F3N6O3/c1-17-4-6-28(24(33)8-17)44-27-7-5-21(9-18(27)2)41-32(37)23(15-39-41)31(42)26-10-19-11-29(43-16-30(34)35)22(12-25(19)40-26)20(13-36)14-38-3/h4-14,30,36,38-40H,15-16,37H2,1-3H3/b20-14+,36-13?. The van der Waals surface area contributed by atoms with Crippen molar-refractivity contribution in [3.63, 3.8) is 0 Å². The topological polar surface area (TPSA) is 128 Å². The van der Waals surface area contributed by atoms with Crippen molar-refractivity contribution < 1.29 is 27.4 Å². The van der Waals surface area contributed by atoms with E-state index < -0.39 is 18.8 Å². The molecule has 1 aliphatic heterocycles. The van der Waals surface area contributed by atoms with Crippen LogP contribution in [-0.2, 0) is 0 Å². The molecule has 9 nitrogen and oxygen atoms in total. The third-order valence-electron chi connectivity index (χ3n) is 7.06. The third kappa shape index (κ3) is 6.11. The van der Waals surface area contributed by atoms with E-state index in [2.05, 4.69) is 15.7 Å². The highest BCUT2D eigenvalue weighted by molar-refractivity contribution is 6.13. The van der Waals surface area contributed by atoms with E-state index in [1.165, 1.54) is 6.07 Å². The molecular weight excluding hydrogens is 573 g/mol. The molecule has 5 rings (SSSR count). The molecule has 2 heterocycles. The number of benzene rings is 3. The van der Waals surface area contributed by atoms with Crippen LogP contribution in [0.1, 0.15) is 27.2 Å². The molecule has 1 aromatic heterocycles. The number of anilines is 1. The van der Waals surface area contributed by atoms with Crippen molar-refractivity contribution in [3.05, 3.63) is 100 Å². The van der Waals surface area contributed by atoms with Gasteiger partial charge < -0.3 is 30.9 Å². The fraction of sp³-hybridized carbons (Fsp3) is 0.188. The number of fused-ring (bicyclic) bond motifs is 1. The molecule has 228 valence electrons. The summed E-state index contributed by atoms with van der Waals surface area (Å²) in [5, 5.41) is 12.7. The van der Waals surface area contributed by atoms with Gasteiger partial charge in [-0.15, -0.1) is 0 Å². The molecule has 44 heavy (non-hydrogen) atoms. The first-order chi connectivity index (χ1) is 21.1. The molecule has 0 spiro atoms. The van der Waals surface area contributed by atoms with E-state index in [1.54, 1.807) is 73.7 Å². The smallest absolute Gasteiger partial charge is 0.272 e. The minimum atomic E-state index is -2.69. The summed E-state index contributed by atoms with van der Waals surface area (Å²) in [5.74, 6) is 0.134. The number of nitrogens with one attached hydrogen (secondary N) is 4. The van der Waals surface area contributed by atoms with Crippen molar-refractivity contribution in [1.29, 1.82) is 5.41 Å². The van der Waals surface area contributed by atoms with Crippen molar-refractivity contribution in [2.75, 3.05) is 25.2 Å². The zero-order valence-electron chi connectivity index (χ0n) is 24.2. The molecule has 0 saturated carbocycles. The maximum absolute atomic E-state index is 14.3. The highest BCUT2D eigenvalue weighted by Crippen LogP contribution is 2.34. The SMILES string of the molecule is CN/C=C(\C=N)c1cc2[nH]c(C(=O)C3=C(N)N(c4ccc(Oc5ccc(C)cc5F)c(C)c4)NC3)cc2cc1OCC(F)F. The van der Waals surface area contributed by atoms with Crippen LogP contribution in [0, 0.1) is 25.1 Å². The van der Waals surface area contributed by atoms with Gasteiger partial charge in [0.2, 0.25) is 5.78 Å². The number of ketones is 1. The summed E-state index contributed by atoms with van der Waals surface area (Å²) in [5.41, 5.74) is 13.6. The molecule has 0 aliphatic carbocycles. The first-order valence-corrected chi connectivity index (χ1v) is 13.7. The molecule has 0 amide bonds.